The first-order chi connectivity index (χ1) is 8.77. The fraction of sp³-hybridized carbons (Fsp3) is 0.625. The van der Waals surface area contributed by atoms with Gasteiger partial charge in [-0.3, -0.25) is 0 Å². The van der Waals surface area contributed by atoms with E-state index in [-0.39, 0.29) is 0 Å². The van der Waals surface area contributed by atoms with Crippen LogP contribution in [0.25, 0.3) is 0 Å². The summed E-state index contributed by atoms with van der Waals surface area (Å²) in [5.41, 5.74) is 1.37. The van der Waals surface area contributed by atoms with Gasteiger partial charge < -0.3 is 5.32 Å². The molecule has 0 aliphatic heterocycles. The lowest BCUT2D eigenvalue weighted by atomic mass is 10.00. The van der Waals surface area contributed by atoms with E-state index in [9.17, 15) is 0 Å². The second kappa shape index (κ2) is 9.41. The van der Waals surface area contributed by atoms with E-state index in [1.54, 1.807) is 0 Å². The third-order valence-corrected chi connectivity index (χ3v) is 3.51. The Hall–Kier alpha value is -0.530. The van der Waals surface area contributed by atoms with Crippen LogP contribution in [0.15, 0.2) is 24.3 Å². The molecular weight excluding hydrogens is 242 g/mol. The van der Waals surface area contributed by atoms with E-state index >= 15 is 0 Å². The molecule has 18 heavy (non-hydrogen) atoms. The highest BCUT2D eigenvalue weighted by atomic mass is 35.5. The van der Waals surface area contributed by atoms with Crippen molar-refractivity contribution in [2.45, 2.75) is 58.4 Å². The molecule has 0 aliphatic rings. The van der Waals surface area contributed by atoms with Crippen molar-refractivity contribution in [3.8, 4) is 0 Å². The largest absolute Gasteiger partial charge is 0.310 e. The van der Waals surface area contributed by atoms with Gasteiger partial charge >= 0.3 is 0 Å². The van der Waals surface area contributed by atoms with Crippen LogP contribution in [0.2, 0.25) is 5.02 Å². The number of unbranched alkanes of at least 4 members (excludes halogenated alkanes) is 3. The average molecular weight is 268 g/mol. The maximum absolute atomic E-state index is 5.95. The van der Waals surface area contributed by atoms with Gasteiger partial charge in [-0.2, -0.15) is 0 Å². The lowest BCUT2D eigenvalue weighted by molar-refractivity contribution is 0.470. The van der Waals surface area contributed by atoms with Gasteiger partial charge in [-0.05, 0) is 37.1 Å². The molecule has 0 heterocycles. The van der Waals surface area contributed by atoms with Crippen molar-refractivity contribution in [1.82, 2.24) is 5.32 Å². The zero-order valence-corrected chi connectivity index (χ0v) is 12.5. The maximum Gasteiger partial charge on any atom is 0.0406 e. The Bertz CT molecular complexity index is 307. The van der Waals surface area contributed by atoms with E-state index < -0.39 is 0 Å². The summed E-state index contributed by atoms with van der Waals surface area (Å²) in [6.45, 7) is 5.55. The van der Waals surface area contributed by atoms with E-state index in [1.807, 2.05) is 12.1 Å². The minimum Gasteiger partial charge on any atom is -0.310 e. The van der Waals surface area contributed by atoms with Crippen LogP contribution in [-0.4, -0.2) is 6.54 Å². The molecule has 0 spiro atoms. The Morgan fingerprint density at radius 2 is 1.72 bits per heavy atom. The zero-order valence-electron chi connectivity index (χ0n) is 11.7. The molecule has 0 saturated heterocycles. The molecule has 0 radical (unpaired) electrons. The van der Waals surface area contributed by atoms with Gasteiger partial charge in [-0.15, -0.1) is 0 Å². The molecule has 0 bridgehead atoms. The molecule has 1 rings (SSSR count). The molecule has 0 saturated carbocycles. The van der Waals surface area contributed by atoms with Crippen molar-refractivity contribution in [2.24, 2.45) is 0 Å². The highest BCUT2D eigenvalue weighted by molar-refractivity contribution is 6.30. The van der Waals surface area contributed by atoms with Crippen LogP contribution in [0.1, 0.15) is 64.0 Å². The fourth-order valence-corrected chi connectivity index (χ4v) is 2.30. The predicted molar refractivity (Wildman–Crippen MR) is 81.2 cm³/mol. The van der Waals surface area contributed by atoms with Gasteiger partial charge in [0.05, 0.1) is 0 Å². The SMILES string of the molecule is CCCCCCC(NCCC)c1ccc(Cl)cc1. The Balaban J connectivity index is 2.51. The highest BCUT2D eigenvalue weighted by Crippen LogP contribution is 2.22. The Labute approximate surface area is 117 Å². The maximum atomic E-state index is 5.95. The summed E-state index contributed by atoms with van der Waals surface area (Å²) in [5.74, 6) is 0. The third-order valence-electron chi connectivity index (χ3n) is 3.26. The summed E-state index contributed by atoms with van der Waals surface area (Å²) < 4.78 is 0. The fourth-order valence-electron chi connectivity index (χ4n) is 2.18. The predicted octanol–water partition coefficient (Wildman–Crippen LogP) is 5.35. The molecule has 1 nitrogen and oxygen atoms in total. The molecule has 1 unspecified atom stereocenters. The van der Waals surface area contributed by atoms with Gasteiger partial charge in [-0.1, -0.05) is 63.3 Å². The van der Waals surface area contributed by atoms with Gasteiger partial charge in [-0.25, -0.2) is 0 Å². The van der Waals surface area contributed by atoms with Crippen molar-refractivity contribution in [3.05, 3.63) is 34.9 Å². The Morgan fingerprint density at radius 1 is 1.00 bits per heavy atom. The van der Waals surface area contributed by atoms with Crippen LogP contribution in [0.3, 0.4) is 0 Å². The molecule has 102 valence electrons. The summed E-state index contributed by atoms with van der Waals surface area (Å²) in [5, 5.41) is 4.46. The summed E-state index contributed by atoms with van der Waals surface area (Å²) in [6, 6.07) is 8.76. The van der Waals surface area contributed by atoms with E-state index in [2.05, 4.69) is 31.3 Å². The second-order valence-corrected chi connectivity index (χ2v) is 5.34. The smallest absolute Gasteiger partial charge is 0.0406 e. The van der Waals surface area contributed by atoms with Crippen molar-refractivity contribution >= 4 is 11.6 Å². The molecule has 0 aliphatic carbocycles. The van der Waals surface area contributed by atoms with E-state index in [4.69, 9.17) is 11.6 Å². The normalized spacial score (nSPS) is 12.6. The van der Waals surface area contributed by atoms with Crippen LogP contribution < -0.4 is 5.32 Å². The number of hydrogen-bond donors (Lipinski definition) is 1. The van der Waals surface area contributed by atoms with Gasteiger partial charge in [0.25, 0.3) is 0 Å². The van der Waals surface area contributed by atoms with E-state index in [1.165, 1.54) is 44.1 Å². The van der Waals surface area contributed by atoms with Crippen LogP contribution in [0.5, 0.6) is 0 Å². The summed E-state index contributed by atoms with van der Waals surface area (Å²) in [6.07, 6.45) is 7.70. The van der Waals surface area contributed by atoms with Crippen molar-refractivity contribution in [1.29, 1.82) is 0 Å². The molecule has 1 atom stereocenters. The second-order valence-electron chi connectivity index (χ2n) is 4.91. The monoisotopic (exact) mass is 267 g/mol. The van der Waals surface area contributed by atoms with Crippen LogP contribution >= 0.6 is 11.6 Å². The molecular formula is C16H26ClN. The van der Waals surface area contributed by atoms with Crippen LogP contribution in [0.4, 0.5) is 0 Å². The molecule has 0 amide bonds. The summed E-state index contributed by atoms with van der Waals surface area (Å²) in [7, 11) is 0. The number of rotatable bonds is 9. The van der Waals surface area contributed by atoms with Crippen molar-refractivity contribution < 1.29 is 0 Å². The minimum absolute atomic E-state index is 0.485. The number of benzene rings is 1. The first-order valence-corrected chi connectivity index (χ1v) is 7.64. The van der Waals surface area contributed by atoms with Gasteiger partial charge in [0, 0.05) is 11.1 Å². The molecule has 1 aromatic rings. The van der Waals surface area contributed by atoms with Crippen molar-refractivity contribution in [2.75, 3.05) is 6.54 Å². The lowest BCUT2D eigenvalue weighted by Crippen LogP contribution is -2.22. The Morgan fingerprint density at radius 3 is 2.33 bits per heavy atom. The highest BCUT2D eigenvalue weighted by Gasteiger charge is 2.09. The first kappa shape index (κ1) is 15.5. The van der Waals surface area contributed by atoms with Crippen LogP contribution in [-0.2, 0) is 0 Å². The van der Waals surface area contributed by atoms with Gasteiger partial charge in [0.1, 0.15) is 0 Å². The lowest BCUT2D eigenvalue weighted by Gasteiger charge is -2.19. The van der Waals surface area contributed by atoms with E-state index in [0.29, 0.717) is 6.04 Å². The van der Waals surface area contributed by atoms with Gasteiger partial charge in [0.15, 0.2) is 0 Å². The quantitative estimate of drug-likeness (QED) is 0.595. The minimum atomic E-state index is 0.485. The van der Waals surface area contributed by atoms with E-state index in [0.717, 1.165) is 11.6 Å². The van der Waals surface area contributed by atoms with Crippen LogP contribution in [0, 0.1) is 0 Å². The topological polar surface area (TPSA) is 12.0 Å². The summed E-state index contributed by atoms with van der Waals surface area (Å²) in [4.78, 5) is 0. The Kier molecular flexibility index (Phi) is 8.11. The molecule has 1 aromatic carbocycles. The zero-order chi connectivity index (χ0) is 13.2. The number of nitrogens with one attached hydrogen (secondary N) is 1. The molecule has 0 aromatic heterocycles. The van der Waals surface area contributed by atoms with Crippen molar-refractivity contribution in [3.63, 3.8) is 0 Å². The molecule has 0 fully saturated rings. The van der Waals surface area contributed by atoms with Gasteiger partial charge in [0.2, 0.25) is 0 Å². The third kappa shape index (κ3) is 5.88. The number of halogens is 1. The average Bonchev–Trinajstić information content (AvgIpc) is 2.39. The molecule has 2 heteroatoms. The first-order valence-electron chi connectivity index (χ1n) is 7.26. The molecule has 1 N–H and O–H groups in total. The number of hydrogen-bond acceptors (Lipinski definition) is 1. The summed E-state index contributed by atoms with van der Waals surface area (Å²) >= 11 is 5.95. The standard InChI is InChI=1S/C16H26ClN/c1-3-5-6-7-8-16(18-13-4-2)14-9-11-15(17)12-10-14/h9-12,16,18H,3-8,13H2,1-2H3.